The molecule has 0 bridgehead atoms. The summed E-state index contributed by atoms with van der Waals surface area (Å²) in [5, 5.41) is 2.46. The number of oxazole rings is 1. The lowest BCUT2D eigenvalue weighted by Gasteiger charge is -2.29. The number of hydrogen-bond acceptors (Lipinski definition) is 3. The van der Waals surface area contributed by atoms with Crippen molar-refractivity contribution in [2.24, 2.45) is 0 Å². The van der Waals surface area contributed by atoms with Crippen LogP contribution in [-0.2, 0) is 6.42 Å². The van der Waals surface area contributed by atoms with E-state index in [2.05, 4.69) is 193 Å². The summed E-state index contributed by atoms with van der Waals surface area (Å²) in [7, 11) is 0. The second-order valence-corrected chi connectivity index (χ2v) is 14.7. The lowest BCUT2D eigenvalue weighted by molar-refractivity contribution is 0.620. The van der Waals surface area contributed by atoms with Crippen molar-refractivity contribution in [2.45, 2.75) is 6.42 Å². The van der Waals surface area contributed by atoms with Crippen molar-refractivity contribution in [3.05, 3.63) is 217 Å². The second-order valence-electron chi connectivity index (χ2n) is 14.7. The SMILES string of the molecule is c1ccc(-c2cccc(N(c3ccc(-c4cccc5ccccc45)c(-c4ccccc4)c3)c3cc4oc(-c5ccccc5)nc4c4c3Cc3ccccc3-4)c2)cc1. The van der Waals surface area contributed by atoms with Gasteiger partial charge in [-0.3, -0.25) is 0 Å². The number of anilines is 3. The lowest BCUT2D eigenvalue weighted by Crippen LogP contribution is -2.13. The minimum atomic E-state index is 0.623. The molecule has 10 aromatic rings. The van der Waals surface area contributed by atoms with Gasteiger partial charge in [-0.25, -0.2) is 4.98 Å². The topological polar surface area (TPSA) is 29.3 Å². The van der Waals surface area contributed by atoms with Crippen molar-refractivity contribution in [2.75, 3.05) is 4.90 Å². The maximum atomic E-state index is 6.72. The zero-order chi connectivity index (χ0) is 37.7. The first-order chi connectivity index (χ1) is 28.3. The summed E-state index contributed by atoms with van der Waals surface area (Å²) in [6.07, 6.45) is 0.790. The van der Waals surface area contributed by atoms with Crippen LogP contribution in [0.4, 0.5) is 17.1 Å². The molecule has 11 rings (SSSR count). The molecule has 0 N–H and O–H groups in total. The van der Waals surface area contributed by atoms with E-state index in [0.717, 1.165) is 56.8 Å². The van der Waals surface area contributed by atoms with Crippen LogP contribution in [0.15, 0.2) is 211 Å². The first kappa shape index (κ1) is 32.9. The molecule has 0 radical (unpaired) electrons. The molecule has 0 saturated heterocycles. The fraction of sp³-hybridized carbons (Fsp3) is 0.0185. The van der Waals surface area contributed by atoms with Crippen LogP contribution in [0.1, 0.15) is 11.1 Å². The zero-order valence-electron chi connectivity index (χ0n) is 31.1. The number of aromatic nitrogens is 1. The molecule has 0 aliphatic heterocycles. The predicted molar refractivity (Wildman–Crippen MR) is 236 cm³/mol. The molecular formula is C54H36N2O. The highest BCUT2D eigenvalue weighted by atomic mass is 16.3. The van der Waals surface area contributed by atoms with Gasteiger partial charge in [0.2, 0.25) is 5.89 Å². The number of benzene rings is 9. The molecule has 0 unspecified atom stereocenters. The molecule has 3 heteroatoms. The number of rotatable bonds is 7. The second kappa shape index (κ2) is 13.7. The van der Waals surface area contributed by atoms with Gasteiger partial charge in [0.25, 0.3) is 0 Å². The van der Waals surface area contributed by atoms with Crippen LogP contribution in [0.3, 0.4) is 0 Å². The molecule has 9 aromatic carbocycles. The highest BCUT2D eigenvalue weighted by Gasteiger charge is 2.30. The maximum Gasteiger partial charge on any atom is 0.227 e. The van der Waals surface area contributed by atoms with Crippen LogP contribution in [0.25, 0.3) is 77.8 Å². The first-order valence-electron chi connectivity index (χ1n) is 19.5. The van der Waals surface area contributed by atoms with Crippen LogP contribution < -0.4 is 4.90 Å². The molecule has 268 valence electrons. The van der Waals surface area contributed by atoms with Gasteiger partial charge in [0.15, 0.2) is 5.58 Å². The monoisotopic (exact) mass is 728 g/mol. The third-order valence-electron chi connectivity index (χ3n) is 11.3. The lowest BCUT2D eigenvalue weighted by atomic mass is 9.90. The van der Waals surface area contributed by atoms with E-state index in [0.29, 0.717) is 5.89 Å². The van der Waals surface area contributed by atoms with E-state index in [1.54, 1.807) is 0 Å². The summed E-state index contributed by atoms with van der Waals surface area (Å²) in [6.45, 7) is 0. The Bertz CT molecular complexity index is 3090. The Balaban J connectivity index is 1.19. The highest BCUT2D eigenvalue weighted by Crippen LogP contribution is 2.51. The average Bonchev–Trinajstić information content (AvgIpc) is 3.90. The van der Waals surface area contributed by atoms with Gasteiger partial charge in [0.1, 0.15) is 5.52 Å². The Labute approximate surface area is 331 Å². The molecule has 0 atom stereocenters. The predicted octanol–water partition coefficient (Wildman–Crippen LogP) is 14.7. The van der Waals surface area contributed by atoms with E-state index in [1.807, 2.05) is 18.2 Å². The van der Waals surface area contributed by atoms with Crippen LogP contribution in [-0.4, -0.2) is 4.98 Å². The van der Waals surface area contributed by atoms with Gasteiger partial charge < -0.3 is 9.32 Å². The van der Waals surface area contributed by atoms with E-state index in [1.165, 1.54) is 49.7 Å². The quantitative estimate of drug-likeness (QED) is 0.164. The maximum absolute atomic E-state index is 6.72. The Kier molecular flexibility index (Phi) is 7.89. The standard InChI is InChI=1S/C54H36N2O/c1-4-16-36(17-5-1)40-25-14-26-42(32-40)56(43-30-31-47(48(34-43)38-18-6-2-7-19-38)46-29-15-24-37-20-10-12-27-44(37)46)50-35-51-53(55-54(57-51)39-21-8-3-9-22-39)52-45-28-13-11-23-41(45)33-49(50)52/h1-32,34-35H,33H2. The van der Waals surface area contributed by atoms with Crippen LogP contribution in [0, 0.1) is 0 Å². The molecule has 1 aliphatic rings. The fourth-order valence-corrected chi connectivity index (χ4v) is 8.68. The van der Waals surface area contributed by atoms with E-state index in [9.17, 15) is 0 Å². The molecule has 1 heterocycles. The van der Waals surface area contributed by atoms with E-state index >= 15 is 0 Å². The van der Waals surface area contributed by atoms with Crippen molar-refractivity contribution < 1.29 is 4.42 Å². The molecule has 1 aromatic heterocycles. The minimum Gasteiger partial charge on any atom is -0.436 e. The molecule has 57 heavy (non-hydrogen) atoms. The van der Waals surface area contributed by atoms with E-state index in [4.69, 9.17) is 9.40 Å². The smallest absolute Gasteiger partial charge is 0.227 e. The summed E-state index contributed by atoms with van der Waals surface area (Å²) in [5.74, 6) is 0.623. The molecular weight excluding hydrogens is 693 g/mol. The largest absolute Gasteiger partial charge is 0.436 e. The van der Waals surface area contributed by atoms with Crippen molar-refractivity contribution in [1.82, 2.24) is 4.98 Å². The Morgan fingerprint density at radius 1 is 0.439 bits per heavy atom. The first-order valence-corrected chi connectivity index (χ1v) is 19.5. The Hall–Kier alpha value is -7.49. The van der Waals surface area contributed by atoms with Crippen molar-refractivity contribution in [1.29, 1.82) is 0 Å². The summed E-state index contributed by atoms with van der Waals surface area (Å²) in [4.78, 5) is 7.62. The van der Waals surface area contributed by atoms with E-state index in [-0.39, 0.29) is 0 Å². The molecule has 1 aliphatic carbocycles. The van der Waals surface area contributed by atoms with Crippen LogP contribution in [0.5, 0.6) is 0 Å². The van der Waals surface area contributed by atoms with Gasteiger partial charge in [-0.15, -0.1) is 0 Å². The van der Waals surface area contributed by atoms with Gasteiger partial charge in [-0.1, -0.05) is 164 Å². The molecule has 0 fully saturated rings. The summed E-state index contributed by atoms with van der Waals surface area (Å²) < 4.78 is 6.72. The third-order valence-corrected chi connectivity index (χ3v) is 11.3. The zero-order valence-corrected chi connectivity index (χ0v) is 31.1. The highest BCUT2D eigenvalue weighted by molar-refractivity contribution is 6.05. The average molecular weight is 729 g/mol. The Morgan fingerprint density at radius 3 is 1.89 bits per heavy atom. The summed E-state index contributed by atoms with van der Waals surface area (Å²) in [6, 6.07) is 73.7. The molecule has 0 spiro atoms. The van der Waals surface area contributed by atoms with Gasteiger partial charge in [0.05, 0.1) is 5.69 Å². The van der Waals surface area contributed by atoms with Crippen molar-refractivity contribution in [3.8, 4) is 56.0 Å². The fourth-order valence-electron chi connectivity index (χ4n) is 8.68. The number of nitrogens with zero attached hydrogens (tertiary/aromatic N) is 2. The van der Waals surface area contributed by atoms with Gasteiger partial charge in [-0.2, -0.15) is 0 Å². The van der Waals surface area contributed by atoms with Gasteiger partial charge in [0, 0.05) is 35.0 Å². The molecule has 0 saturated carbocycles. The Morgan fingerprint density at radius 2 is 1.07 bits per heavy atom. The van der Waals surface area contributed by atoms with E-state index < -0.39 is 0 Å². The number of hydrogen-bond donors (Lipinski definition) is 0. The number of fused-ring (bicyclic) bond motifs is 6. The molecule has 3 nitrogen and oxygen atoms in total. The summed E-state index contributed by atoms with van der Waals surface area (Å²) in [5.41, 5.74) is 17.8. The third kappa shape index (κ3) is 5.71. The van der Waals surface area contributed by atoms with Gasteiger partial charge in [-0.05, 0) is 97.2 Å². The van der Waals surface area contributed by atoms with Crippen LogP contribution >= 0.6 is 0 Å². The van der Waals surface area contributed by atoms with Crippen LogP contribution in [0.2, 0.25) is 0 Å². The van der Waals surface area contributed by atoms with Crippen molar-refractivity contribution in [3.63, 3.8) is 0 Å². The minimum absolute atomic E-state index is 0.623. The van der Waals surface area contributed by atoms with Gasteiger partial charge >= 0.3 is 0 Å². The normalized spacial score (nSPS) is 11.8. The van der Waals surface area contributed by atoms with Crippen molar-refractivity contribution >= 4 is 38.9 Å². The summed E-state index contributed by atoms with van der Waals surface area (Å²) >= 11 is 0. The molecule has 0 amide bonds.